The topological polar surface area (TPSA) is 67.4 Å². The zero-order chi connectivity index (χ0) is 12.7. The largest absolute Gasteiger partial charge is 0.375 e. The summed E-state index contributed by atoms with van der Waals surface area (Å²) in [5.74, 6) is -0.338. The zero-order valence-corrected chi connectivity index (χ0v) is 9.95. The minimum absolute atomic E-state index is 0.00565. The van der Waals surface area contributed by atoms with E-state index in [-0.39, 0.29) is 24.8 Å². The van der Waals surface area contributed by atoms with E-state index in [1.165, 1.54) is 7.11 Å². The Kier molecular flexibility index (Phi) is 5.16. The van der Waals surface area contributed by atoms with E-state index in [4.69, 9.17) is 4.74 Å². The van der Waals surface area contributed by atoms with Crippen molar-refractivity contribution in [1.29, 1.82) is 0 Å². The molecule has 17 heavy (non-hydrogen) atoms. The smallest absolute Gasteiger partial charge is 0.250 e. The van der Waals surface area contributed by atoms with E-state index in [0.717, 1.165) is 5.56 Å². The van der Waals surface area contributed by atoms with Crippen LogP contribution in [0.15, 0.2) is 24.3 Å². The number of rotatable bonds is 5. The van der Waals surface area contributed by atoms with Crippen molar-refractivity contribution in [1.82, 2.24) is 5.32 Å². The fraction of sp³-hybridized carbons (Fsp3) is 0.333. The molecule has 1 rings (SSSR count). The number of para-hydroxylation sites is 1. The van der Waals surface area contributed by atoms with Gasteiger partial charge in [0.1, 0.15) is 6.61 Å². The van der Waals surface area contributed by atoms with Gasteiger partial charge in [0.25, 0.3) is 0 Å². The first-order valence-electron chi connectivity index (χ1n) is 5.24. The normalized spacial score (nSPS) is 9.76. The van der Waals surface area contributed by atoms with E-state index < -0.39 is 0 Å². The fourth-order valence-corrected chi connectivity index (χ4v) is 1.38. The first kappa shape index (κ1) is 13.2. The molecule has 0 saturated heterocycles. The minimum atomic E-state index is -0.239. The minimum Gasteiger partial charge on any atom is -0.375 e. The second-order valence-corrected chi connectivity index (χ2v) is 3.49. The number of ether oxygens (including phenoxy) is 1. The molecule has 0 aliphatic heterocycles. The molecule has 0 heterocycles. The van der Waals surface area contributed by atoms with Crippen molar-refractivity contribution in [3.05, 3.63) is 29.8 Å². The number of benzene rings is 1. The second-order valence-electron chi connectivity index (χ2n) is 3.49. The van der Waals surface area contributed by atoms with Crippen LogP contribution in [0.5, 0.6) is 0 Å². The molecular formula is C12H16N2O3. The van der Waals surface area contributed by atoms with E-state index in [0.29, 0.717) is 5.69 Å². The van der Waals surface area contributed by atoms with Gasteiger partial charge in [-0.15, -0.1) is 0 Å². The SMILES string of the molecule is CNC(=O)Cc1ccccc1NC(=O)COC. The number of carbonyl (C=O) groups is 2. The van der Waals surface area contributed by atoms with Crippen LogP contribution >= 0.6 is 0 Å². The lowest BCUT2D eigenvalue weighted by atomic mass is 10.1. The van der Waals surface area contributed by atoms with Gasteiger partial charge < -0.3 is 15.4 Å². The molecule has 0 atom stereocenters. The van der Waals surface area contributed by atoms with Crippen molar-refractivity contribution in [2.75, 3.05) is 26.1 Å². The van der Waals surface area contributed by atoms with E-state index >= 15 is 0 Å². The number of hydrogen-bond donors (Lipinski definition) is 2. The Labute approximate surface area is 100 Å². The van der Waals surface area contributed by atoms with Crippen LogP contribution in [0.2, 0.25) is 0 Å². The Hall–Kier alpha value is -1.88. The number of carbonyl (C=O) groups excluding carboxylic acids is 2. The Morgan fingerprint density at radius 3 is 2.59 bits per heavy atom. The van der Waals surface area contributed by atoms with Gasteiger partial charge in [0, 0.05) is 19.8 Å². The molecule has 0 spiro atoms. The highest BCUT2D eigenvalue weighted by molar-refractivity contribution is 5.93. The Morgan fingerprint density at radius 2 is 1.94 bits per heavy atom. The van der Waals surface area contributed by atoms with Gasteiger partial charge in [-0.1, -0.05) is 18.2 Å². The Morgan fingerprint density at radius 1 is 1.24 bits per heavy atom. The van der Waals surface area contributed by atoms with Gasteiger partial charge in [0.05, 0.1) is 6.42 Å². The van der Waals surface area contributed by atoms with Crippen LogP contribution in [-0.2, 0) is 20.7 Å². The maximum absolute atomic E-state index is 11.4. The maximum atomic E-state index is 11.4. The van der Waals surface area contributed by atoms with Crippen LogP contribution < -0.4 is 10.6 Å². The van der Waals surface area contributed by atoms with E-state index in [9.17, 15) is 9.59 Å². The van der Waals surface area contributed by atoms with Crippen molar-refractivity contribution in [2.45, 2.75) is 6.42 Å². The second kappa shape index (κ2) is 6.65. The lowest BCUT2D eigenvalue weighted by molar-refractivity contribution is -0.120. The third kappa shape index (κ3) is 4.24. The summed E-state index contributed by atoms with van der Waals surface area (Å²) < 4.78 is 4.73. The fourth-order valence-electron chi connectivity index (χ4n) is 1.38. The highest BCUT2D eigenvalue weighted by Crippen LogP contribution is 2.15. The molecule has 2 amide bonds. The molecule has 1 aromatic rings. The lowest BCUT2D eigenvalue weighted by Crippen LogP contribution is -2.22. The summed E-state index contributed by atoms with van der Waals surface area (Å²) in [5, 5.41) is 5.24. The molecular weight excluding hydrogens is 220 g/mol. The Bertz CT molecular complexity index is 404. The molecule has 0 aromatic heterocycles. The molecule has 0 fully saturated rings. The lowest BCUT2D eigenvalue weighted by Gasteiger charge is -2.10. The van der Waals surface area contributed by atoms with Crippen LogP contribution in [0.3, 0.4) is 0 Å². The summed E-state index contributed by atoms with van der Waals surface area (Å²) in [6.07, 6.45) is 0.236. The Balaban J connectivity index is 2.77. The third-order valence-corrected chi connectivity index (χ3v) is 2.20. The van der Waals surface area contributed by atoms with Crippen LogP contribution in [-0.4, -0.2) is 32.6 Å². The molecule has 0 unspecified atom stereocenters. The van der Waals surface area contributed by atoms with Gasteiger partial charge in [-0.3, -0.25) is 9.59 Å². The van der Waals surface area contributed by atoms with E-state index in [1.54, 1.807) is 25.2 Å². The van der Waals surface area contributed by atoms with Crippen LogP contribution in [0.1, 0.15) is 5.56 Å². The van der Waals surface area contributed by atoms with Gasteiger partial charge in [0.15, 0.2) is 0 Å². The van der Waals surface area contributed by atoms with Crippen molar-refractivity contribution >= 4 is 17.5 Å². The van der Waals surface area contributed by atoms with E-state index in [1.807, 2.05) is 6.07 Å². The highest BCUT2D eigenvalue weighted by Gasteiger charge is 2.08. The number of hydrogen-bond acceptors (Lipinski definition) is 3. The number of anilines is 1. The molecule has 5 nitrogen and oxygen atoms in total. The van der Waals surface area contributed by atoms with Crippen molar-refractivity contribution in [2.24, 2.45) is 0 Å². The number of methoxy groups -OCH3 is 1. The number of likely N-dealkylation sites (N-methyl/N-ethyl adjacent to an activating group) is 1. The zero-order valence-electron chi connectivity index (χ0n) is 9.95. The molecule has 0 aliphatic carbocycles. The van der Waals surface area contributed by atoms with Crippen LogP contribution in [0.25, 0.3) is 0 Å². The average Bonchev–Trinajstić information content (AvgIpc) is 2.31. The van der Waals surface area contributed by atoms with Gasteiger partial charge in [-0.05, 0) is 11.6 Å². The molecule has 0 radical (unpaired) electrons. The van der Waals surface area contributed by atoms with Gasteiger partial charge in [-0.2, -0.15) is 0 Å². The number of nitrogens with one attached hydrogen (secondary N) is 2. The van der Waals surface area contributed by atoms with Gasteiger partial charge in [-0.25, -0.2) is 0 Å². The summed E-state index contributed by atoms with van der Waals surface area (Å²) in [6.45, 7) is -0.00565. The van der Waals surface area contributed by atoms with Crippen molar-refractivity contribution in [3.63, 3.8) is 0 Å². The number of amides is 2. The third-order valence-electron chi connectivity index (χ3n) is 2.20. The van der Waals surface area contributed by atoms with Gasteiger partial charge in [0.2, 0.25) is 11.8 Å². The summed E-state index contributed by atoms with van der Waals surface area (Å²) in [4.78, 5) is 22.7. The van der Waals surface area contributed by atoms with E-state index in [2.05, 4.69) is 10.6 Å². The maximum Gasteiger partial charge on any atom is 0.250 e. The summed E-state index contributed by atoms with van der Waals surface area (Å²) in [5.41, 5.74) is 1.41. The highest BCUT2D eigenvalue weighted by atomic mass is 16.5. The first-order chi connectivity index (χ1) is 8.17. The van der Waals surface area contributed by atoms with Crippen LogP contribution in [0.4, 0.5) is 5.69 Å². The molecule has 92 valence electrons. The predicted molar refractivity (Wildman–Crippen MR) is 64.7 cm³/mol. The summed E-state index contributed by atoms with van der Waals surface area (Å²) >= 11 is 0. The molecule has 2 N–H and O–H groups in total. The monoisotopic (exact) mass is 236 g/mol. The average molecular weight is 236 g/mol. The van der Waals surface area contributed by atoms with Crippen LogP contribution in [0, 0.1) is 0 Å². The van der Waals surface area contributed by atoms with Crippen molar-refractivity contribution < 1.29 is 14.3 Å². The molecule has 0 aliphatic rings. The molecule has 0 bridgehead atoms. The quantitative estimate of drug-likeness (QED) is 0.785. The van der Waals surface area contributed by atoms with Gasteiger partial charge >= 0.3 is 0 Å². The molecule has 5 heteroatoms. The predicted octanol–water partition coefficient (Wildman–Crippen LogP) is 0.560. The standard InChI is InChI=1S/C12H16N2O3/c1-13-11(15)7-9-5-3-4-6-10(9)14-12(16)8-17-2/h3-6H,7-8H2,1-2H3,(H,13,15)(H,14,16). The first-order valence-corrected chi connectivity index (χ1v) is 5.24. The summed E-state index contributed by atoms with van der Waals surface area (Å²) in [6, 6.07) is 7.18. The van der Waals surface area contributed by atoms with Crippen molar-refractivity contribution in [3.8, 4) is 0 Å². The molecule has 1 aromatic carbocycles. The summed E-state index contributed by atoms with van der Waals surface area (Å²) in [7, 11) is 3.03. The molecule has 0 saturated carbocycles.